The van der Waals surface area contributed by atoms with Gasteiger partial charge in [0.05, 0.1) is 39.0 Å². The van der Waals surface area contributed by atoms with Gasteiger partial charge < -0.3 is 19.5 Å². The summed E-state index contributed by atoms with van der Waals surface area (Å²) in [7, 11) is 4.63. The van der Waals surface area contributed by atoms with Gasteiger partial charge >= 0.3 is 0 Å². The zero-order valence-corrected chi connectivity index (χ0v) is 14.9. The second kappa shape index (κ2) is 7.74. The molecule has 26 heavy (non-hydrogen) atoms. The van der Waals surface area contributed by atoms with Crippen LogP contribution < -0.4 is 19.5 Å². The van der Waals surface area contributed by atoms with Crippen molar-refractivity contribution in [3.63, 3.8) is 0 Å². The number of rotatable bonds is 6. The Morgan fingerprint density at radius 3 is 2.38 bits per heavy atom. The van der Waals surface area contributed by atoms with Gasteiger partial charge in [0, 0.05) is 11.6 Å². The van der Waals surface area contributed by atoms with Gasteiger partial charge in [-0.2, -0.15) is 0 Å². The van der Waals surface area contributed by atoms with E-state index < -0.39 is 0 Å². The molecule has 0 saturated carbocycles. The number of carbonyl (C=O) groups excluding carboxylic acids is 1. The molecule has 134 valence electrons. The van der Waals surface area contributed by atoms with E-state index in [1.807, 2.05) is 30.3 Å². The van der Waals surface area contributed by atoms with Crippen LogP contribution in [0.15, 0.2) is 48.7 Å². The third-order valence-electron chi connectivity index (χ3n) is 4.01. The van der Waals surface area contributed by atoms with Gasteiger partial charge in [0.2, 0.25) is 11.7 Å². The molecule has 1 heterocycles. The molecule has 0 unspecified atom stereocenters. The van der Waals surface area contributed by atoms with Crippen molar-refractivity contribution in [1.82, 2.24) is 4.98 Å². The van der Waals surface area contributed by atoms with E-state index in [1.54, 1.807) is 39.7 Å². The van der Waals surface area contributed by atoms with Crippen LogP contribution in [0.1, 0.15) is 5.56 Å². The molecule has 6 nitrogen and oxygen atoms in total. The average Bonchev–Trinajstić information content (AvgIpc) is 2.67. The monoisotopic (exact) mass is 352 g/mol. The number of fused-ring (bicyclic) bond motifs is 1. The second-order valence-corrected chi connectivity index (χ2v) is 5.63. The number of methoxy groups -OCH3 is 3. The Hall–Kier alpha value is -3.28. The highest BCUT2D eigenvalue weighted by molar-refractivity contribution is 6.01. The molecular weight excluding hydrogens is 332 g/mol. The van der Waals surface area contributed by atoms with Crippen molar-refractivity contribution < 1.29 is 19.0 Å². The van der Waals surface area contributed by atoms with E-state index in [0.717, 1.165) is 22.2 Å². The topological polar surface area (TPSA) is 69.7 Å². The average molecular weight is 352 g/mol. The van der Waals surface area contributed by atoms with Crippen molar-refractivity contribution in [2.45, 2.75) is 6.42 Å². The van der Waals surface area contributed by atoms with E-state index in [4.69, 9.17) is 14.2 Å². The van der Waals surface area contributed by atoms with Gasteiger partial charge in [-0.1, -0.05) is 6.07 Å². The number of nitrogens with one attached hydrogen (secondary N) is 1. The number of hydrogen-bond donors (Lipinski definition) is 1. The number of carbonyl (C=O) groups is 1. The van der Waals surface area contributed by atoms with Gasteiger partial charge in [-0.3, -0.25) is 9.78 Å². The third-order valence-corrected chi connectivity index (χ3v) is 4.01. The van der Waals surface area contributed by atoms with E-state index in [1.165, 1.54) is 0 Å². The molecule has 0 radical (unpaired) electrons. The van der Waals surface area contributed by atoms with Crippen LogP contribution in [-0.2, 0) is 11.2 Å². The first-order valence-electron chi connectivity index (χ1n) is 8.08. The zero-order valence-electron chi connectivity index (χ0n) is 14.9. The Labute approximate surface area is 151 Å². The first-order chi connectivity index (χ1) is 12.7. The fourth-order valence-electron chi connectivity index (χ4n) is 2.83. The predicted octanol–water partition coefficient (Wildman–Crippen LogP) is 3.44. The Morgan fingerprint density at radius 1 is 1.00 bits per heavy atom. The first-order valence-corrected chi connectivity index (χ1v) is 8.08. The molecule has 1 amide bonds. The van der Waals surface area contributed by atoms with Crippen molar-refractivity contribution in [1.29, 1.82) is 0 Å². The van der Waals surface area contributed by atoms with E-state index in [9.17, 15) is 4.79 Å². The maximum Gasteiger partial charge on any atom is 0.228 e. The lowest BCUT2D eigenvalue weighted by Gasteiger charge is -2.14. The van der Waals surface area contributed by atoms with E-state index in [-0.39, 0.29) is 12.3 Å². The highest BCUT2D eigenvalue weighted by Crippen LogP contribution is 2.38. The zero-order chi connectivity index (χ0) is 18.5. The van der Waals surface area contributed by atoms with Gasteiger partial charge in [0.25, 0.3) is 0 Å². The van der Waals surface area contributed by atoms with Gasteiger partial charge in [0.1, 0.15) is 0 Å². The quantitative estimate of drug-likeness (QED) is 0.736. The summed E-state index contributed by atoms with van der Waals surface area (Å²) in [5.74, 6) is 1.39. The van der Waals surface area contributed by atoms with Crippen LogP contribution in [0.4, 0.5) is 5.69 Å². The van der Waals surface area contributed by atoms with Gasteiger partial charge in [-0.25, -0.2) is 0 Å². The van der Waals surface area contributed by atoms with Crippen LogP contribution in [0, 0.1) is 0 Å². The number of pyridine rings is 1. The Balaban J connectivity index is 1.84. The van der Waals surface area contributed by atoms with Gasteiger partial charge in [0.15, 0.2) is 11.5 Å². The Morgan fingerprint density at radius 2 is 1.73 bits per heavy atom. The van der Waals surface area contributed by atoms with E-state index in [2.05, 4.69) is 10.3 Å². The molecule has 1 N–H and O–H groups in total. The fourth-order valence-corrected chi connectivity index (χ4v) is 2.83. The van der Waals surface area contributed by atoms with E-state index in [0.29, 0.717) is 17.2 Å². The largest absolute Gasteiger partial charge is 0.493 e. The summed E-state index contributed by atoms with van der Waals surface area (Å²) >= 11 is 0. The molecule has 0 saturated heterocycles. The van der Waals surface area contributed by atoms with Gasteiger partial charge in [-0.05, 0) is 42.0 Å². The molecule has 3 aromatic rings. The summed E-state index contributed by atoms with van der Waals surface area (Å²) in [6, 6.07) is 12.9. The number of ether oxygens (including phenoxy) is 3. The summed E-state index contributed by atoms with van der Waals surface area (Å²) in [6.45, 7) is 0. The second-order valence-electron chi connectivity index (χ2n) is 5.63. The van der Waals surface area contributed by atoms with Crippen LogP contribution in [0.25, 0.3) is 10.9 Å². The molecule has 2 aromatic carbocycles. The molecule has 0 bridgehead atoms. The maximum atomic E-state index is 12.5. The normalized spacial score (nSPS) is 10.4. The van der Waals surface area contributed by atoms with Crippen molar-refractivity contribution in [2.24, 2.45) is 0 Å². The highest BCUT2D eigenvalue weighted by atomic mass is 16.5. The highest BCUT2D eigenvalue weighted by Gasteiger charge is 2.15. The summed E-state index contributed by atoms with van der Waals surface area (Å²) in [5.41, 5.74) is 2.32. The van der Waals surface area contributed by atoms with Crippen LogP contribution in [0.5, 0.6) is 17.2 Å². The number of nitrogens with zero attached hydrogens (tertiary/aromatic N) is 1. The molecule has 6 heteroatoms. The predicted molar refractivity (Wildman–Crippen MR) is 100 cm³/mol. The molecule has 0 spiro atoms. The summed E-state index contributed by atoms with van der Waals surface area (Å²) < 4.78 is 16.0. The lowest BCUT2D eigenvalue weighted by Crippen LogP contribution is -2.15. The minimum atomic E-state index is -0.143. The Kier molecular flexibility index (Phi) is 5.22. The van der Waals surface area contributed by atoms with Crippen LogP contribution in [-0.4, -0.2) is 32.2 Å². The van der Waals surface area contributed by atoms with Crippen LogP contribution in [0.3, 0.4) is 0 Å². The summed E-state index contributed by atoms with van der Waals surface area (Å²) in [6.07, 6.45) is 1.90. The number of benzene rings is 2. The number of amides is 1. The number of hydrogen-bond acceptors (Lipinski definition) is 5. The molecule has 0 fully saturated rings. The molecule has 0 atom stereocenters. The van der Waals surface area contributed by atoms with Crippen molar-refractivity contribution in [2.75, 3.05) is 26.6 Å². The third kappa shape index (κ3) is 3.54. The Bertz CT molecular complexity index is 910. The van der Waals surface area contributed by atoms with Crippen molar-refractivity contribution >= 4 is 22.5 Å². The standard InChI is InChI=1S/C20H20N2O4/c1-24-17-10-13(11-18(25-2)20(17)26-3)12-19(23)22-16-8-4-7-15-14(16)6-5-9-21-15/h4-11H,12H2,1-3H3,(H,22,23). The number of anilines is 1. The lowest BCUT2D eigenvalue weighted by atomic mass is 10.1. The maximum absolute atomic E-state index is 12.5. The van der Waals surface area contributed by atoms with Crippen molar-refractivity contribution in [3.8, 4) is 17.2 Å². The van der Waals surface area contributed by atoms with Gasteiger partial charge in [-0.15, -0.1) is 0 Å². The first kappa shape index (κ1) is 17.5. The molecule has 0 aliphatic carbocycles. The molecule has 0 aliphatic heterocycles. The van der Waals surface area contributed by atoms with Crippen LogP contribution in [0.2, 0.25) is 0 Å². The van der Waals surface area contributed by atoms with E-state index >= 15 is 0 Å². The molecule has 0 aliphatic rings. The minimum Gasteiger partial charge on any atom is -0.493 e. The lowest BCUT2D eigenvalue weighted by molar-refractivity contribution is -0.115. The smallest absolute Gasteiger partial charge is 0.228 e. The SMILES string of the molecule is COc1cc(CC(=O)Nc2cccc3ncccc23)cc(OC)c1OC. The molecule has 3 rings (SSSR count). The fraction of sp³-hybridized carbons (Fsp3) is 0.200. The molecular formula is C20H20N2O4. The summed E-state index contributed by atoms with van der Waals surface area (Å²) in [5, 5.41) is 3.84. The minimum absolute atomic E-state index is 0.143. The number of aromatic nitrogens is 1. The molecule has 1 aromatic heterocycles. The summed E-state index contributed by atoms with van der Waals surface area (Å²) in [4.78, 5) is 16.8. The van der Waals surface area contributed by atoms with Crippen molar-refractivity contribution in [3.05, 3.63) is 54.2 Å². The van der Waals surface area contributed by atoms with Crippen LogP contribution >= 0.6 is 0 Å².